The lowest BCUT2D eigenvalue weighted by Crippen LogP contribution is -2.34. The summed E-state index contributed by atoms with van der Waals surface area (Å²) in [6.45, 7) is 6.21. The summed E-state index contributed by atoms with van der Waals surface area (Å²) in [7, 11) is 0. The van der Waals surface area contributed by atoms with Crippen LogP contribution in [-0.2, 0) is 4.74 Å². The van der Waals surface area contributed by atoms with Crippen molar-refractivity contribution in [3.05, 3.63) is 96.3 Å². The lowest BCUT2D eigenvalue weighted by Gasteiger charge is -2.21. The van der Waals surface area contributed by atoms with Crippen LogP contribution in [-0.4, -0.2) is 30.8 Å². The second kappa shape index (κ2) is 21.1. The van der Waals surface area contributed by atoms with Gasteiger partial charge in [-0.1, -0.05) is 121 Å². The molecule has 0 amide bonds. The Morgan fingerprint density at radius 1 is 0.714 bits per heavy atom. The van der Waals surface area contributed by atoms with Crippen LogP contribution in [0.5, 0.6) is 11.5 Å². The Labute approximate surface area is 287 Å². The van der Waals surface area contributed by atoms with Gasteiger partial charge in [-0.25, -0.2) is 14.0 Å². The Morgan fingerprint density at radius 2 is 1.22 bits per heavy atom. The fraction of sp³-hybridized carbons (Fsp3) is 0.450. The van der Waals surface area contributed by atoms with Gasteiger partial charge in [0.1, 0.15) is 23.9 Å². The predicted octanol–water partition coefficient (Wildman–Crippen LogP) is 11.8. The van der Waals surface area contributed by atoms with E-state index in [1.807, 2.05) is 24.3 Å². The first-order valence-corrected chi connectivity index (χ1v) is 17.4. The molecule has 0 aliphatic rings. The van der Waals surface area contributed by atoms with Gasteiger partial charge in [0.05, 0.1) is 11.1 Å². The number of benzene rings is 3. The zero-order valence-electron chi connectivity index (χ0n) is 28.4. The van der Waals surface area contributed by atoms with Gasteiger partial charge >= 0.3 is 18.1 Å². The third kappa shape index (κ3) is 14.1. The van der Waals surface area contributed by atoms with Gasteiger partial charge < -0.3 is 14.2 Å². The molecule has 0 saturated heterocycles. The third-order valence-corrected chi connectivity index (χ3v) is 8.23. The van der Waals surface area contributed by atoms with Gasteiger partial charge in [0, 0.05) is 6.07 Å². The molecule has 0 N–H and O–H groups in total. The molecule has 266 valence electrons. The first-order valence-electron chi connectivity index (χ1n) is 17.4. The van der Waals surface area contributed by atoms with E-state index in [4.69, 9.17) is 14.2 Å². The van der Waals surface area contributed by atoms with E-state index in [-0.39, 0.29) is 17.7 Å². The van der Waals surface area contributed by atoms with E-state index in [9.17, 15) is 27.2 Å². The lowest BCUT2D eigenvalue weighted by atomic mass is 10.0. The first kappa shape index (κ1) is 39.3. The van der Waals surface area contributed by atoms with Gasteiger partial charge in [-0.2, -0.15) is 13.2 Å². The topological polar surface area (TPSA) is 61.8 Å². The van der Waals surface area contributed by atoms with Gasteiger partial charge in [0.15, 0.2) is 6.10 Å². The highest BCUT2D eigenvalue weighted by molar-refractivity contribution is 5.92. The fourth-order valence-electron chi connectivity index (χ4n) is 5.42. The quantitative estimate of drug-likeness (QED) is 0.0347. The van der Waals surface area contributed by atoms with E-state index >= 15 is 0 Å². The van der Waals surface area contributed by atoms with E-state index in [2.05, 4.69) is 13.5 Å². The molecule has 3 rings (SSSR count). The number of hydrogen-bond acceptors (Lipinski definition) is 5. The summed E-state index contributed by atoms with van der Waals surface area (Å²) >= 11 is 0. The first-order chi connectivity index (χ1) is 23.6. The molecule has 0 heterocycles. The molecular weight excluding hydrogens is 636 g/mol. The Bertz CT molecular complexity index is 1430. The van der Waals surface area contributed by atoms with Crippen molar-refractivity contribution >= 4 is 11.9 Å². The van der Waals surface area contributed by atoms with Crippen molar-refractivity contribution in [1.82, 2.24) is 0 Å². The minimum Gasteiger partial charge on any atom is -0.490 e. The molecule has 0 aromatic heterocycles. The molecule has 49 heavy (non-hydrogen) atoms. The third-order valence-electron chi connectivity index (χ3n) is 8.23. The Kier molecular flexibility index (Phi) is 16.9. The largest absolute Gasteiger partial charge is 0.490 e. The maximum Gasteiger partial charge on any atom is 0.425 e. The van der Waals surface area contributed by atoms with Crippen LogP contribution in [0.1, 0.15) is 118 Å². The van der Waals surface area contributed by atoms with Crippen LogP contribution in [0.25, 0.3) is 11.1 Å². The minimum atomic E-state index is -4.78. The maximum absolute atomic E-state index is 14.8. The zero-order valence-corrected chi connectivity index (χ0v) is 28.4. The molecule has 0 bridgehead atoms. The highest BCUT2D eigenvalue weighted by Crippen LogP contribution is 2.29. The maximum atomic E-state index is 14.8. The summed E-state index contributed by atoms with van der Waals surface area (Å²) in [5, 5.41) is 0. The van der Waals surface area contributed by atoms with Crippen molar-refractivity contribution in [3.8, 4) is 22.6 Å². The summed E-state index contributed by atoms with van der Waals surface area (Å²) in [4.78, 5) is 25.2. The van der Waals surface area contributed by atoms with Crippen molar-refractivity contribution in [1.29, 1.82) is 0 Å². The molecule has 0 aliphatic carbocycles. The molecule has 9 heteroatoms. The van der Waals surface area contributed by atoms with E-state index in [1.165, 1.54) is 44.9 Å². The highest BCUT2D eigenvalue weighted by Gasteiger charge is 2.42. The standard InChI is InChI=1S/C40H48F4O5/c1-3-5-6-7-8-9-10-11-12-13-14-15-16-17-37(40(42,43)44)49-39(46)35-27-26-34(29-36(35)41)48-38(45)32-20-18-30(19-21-32)31-22-24-33(25-23-31)47-28-4-2/h4,18-27,29,37H,2-3,5-17,28H2,1H3. The Balaban J connectivity index is 1.44. The normalized spacial score (nSPS) is 11.9. The van der Waals surface area contributed by atoms with Crippen LogP contribution in [0.2, 0.25) is 0 Å². The summed E-state index contributed by atoms with van der Waals surface area (Å²) < 4.78 is 71.2. The predicted molar refractivity (Wildman–Crippen MR) is 184 cm³/mol. The van der Waals surface area contributed by atoms with Crippen LogP contribution in [0.3, 0.4) is 0 Å². The average Bonchev–Trinajstić information content (AvgIpc) is 3.08. The molecule has 3 aromatic rings. The minimum absolute atomic E-state index is 0.194. The molecular formula is C40H48F4O5. The molecule has 3 aromatic carbocycles. The lowest BCUT2D eigenvalue weighted by molar-refractivity contribution is -0.206. The Morgan fingerprint density at radius 3 is 1.73 bits per heavy atom. The molecule has 1 unspecified atom stereocenters. The molecule has 0 aliphatic heterocycles. The van der Waals surface area contributed by atoms with Crippen molar-refractivity contribution in [2.75, 3.05) is 6.61 Å². The zero-order chi connectivity index (χ0) is 35.5. The van der Waals surface area contributed by atoms with Crippen molar-refractivity contribution in [3.63, 3.8) is 0 Å². The number of alkyl halides is 3. The summed E-state index contributed by atoms with van der Waals surface area (Å²) in [5.74, 6) is -2.88. The van der Waals surface area contributed by atoms with Gasteiger partial charge in [0.25, 0.3) is 0 Å². The number of carbonyl (C=O) groups is 2. The number of ether oxygens (including phenoxy) is 3. The number of rotatable bonds is 22. The fourth-order valence-corrected chi connectivity index (χ4v) is 5.42. The smallest absolute Gasteiger partial charge is 0.425 e. The SMILES string of the molecule is C=CCOc1ccc(-c2ccc(C(=O)Oc3ccc(C(=O)OC(CCCCCCCCCCCCCCC)C(F)(F)F)c(F)c3)cc2)cc1. The van der Waals surface area contributed by atoms with Crippen molar-refractivity contribution in [2.45, 2.75) is 109 Å². The number of esters is 2. The molecule has 0 radical (unpaired) electrons. The number of unbranched alkanes of at least 4 members (excludes halogenated alkanes) is 12. The molecule has 5 nitrogen and oxygen atoms in total. The van der Waals surface area contributed by atoms with Gasteiger partial charge in [0.2, 0.25) is 0 Å². The van der Waals surface area contributed by atoms with E-state index in [0.29, 0.717) is 18.8 Å². The van der Waals surface area contributed by atoms with Crippen LogP contribution >= 0.6 is 0 Å². The summed E-state index contributed by atoms with van der Waals surface area (Å²) in [5.41, 5.74) is 1.25. The second-order valence-electron chi connectivity index (χ2n) is 12.2. The van der Waals surface area contributed by atoms with Crippen LogP contribution < -0.4 is 9.47 Å². The molecule has 0 fully saturated rings. The highest BCUT2D eigenvalue weighted by atomic mass is 19.4. The van der Waals surface area contributed by atoms with Crippen molar-refractivity contribution < 1.29 is 41.4 Å². The second-order valence-corrected chi connectivity index (χ2v) is 12.2. The van der Waals surface area contributed by atoms with Gasteiger partial charge in [-0.05, 0) is 60.4 Å². The molecule has 0 spiro atoms. The number of halogens is 4. The van der Waals surface area contributed by atoms with Crippen LogP contribution in [0, 0.1) is 5.82 Å². The van der Waals surface area contributed by atoms with E-state index in [1.54, 1.807) is 30.3 Å². The number of carbonyl (C=O) groups excluding carboxylic acids is 2. The van der Waals surface area contributed by atoms with Gasteiger partial charge in [-0.15, -0.1) is 0 Å². The van der Waals surface area contributed by atoms with E-state index < -0.39 is 42.0 Å². The van der Waals surface area contributed by atoms with Gasteiger partial charge in [-0.3, -0.25) is 0 Å². The number of hydrogen-bond donors (Lipinski definition) is 0. The van der Waals surface area contributed by atoms with E-state index in [0.717, 1.165) is 55.0 Å². The van der Waals surface area contributed by atoms with Crippen molar-refractivity contribution in [2.24, 2.45) is 0 Å². The molecule has 1 atom stereocenters. The summed E-state index contributed by atoms with van der Waals surface area (Å²) in [6.07, 6.45) is 7.75. The molecule has 0 saturated carbocycles. The van der Waals surface area contributed by atoms with Crippen LogP contribution in [0.4, 0.5) is 17.6 Å². The summed E-state index contributed by atoms with van der Waals surface area (Å²) in [6, 6.07) is 16.8. The average molecular weight is 685 g/mol. The monoisotopic (exact) mass is 684 g/mol. The Hall–Kier alpha value is -4.14. The van der Waals surface area contributed by atoms with Crippen LogP contribution in [0.15, 0.2) is 79.4 Å².